The molecule has 0 nitrogen and oxygen atoms in total. The van der Waals surface area contributed by atoms with E-state index in [1.54, 1.807) is 12.1 Å². The first-order valence-corrected chi connectivity index (χ1v) is 10.7. The molecule has 0 saturated heterocycles. The van der Waals surface area contributed by atoms with Crippen molar-refractivity contribution < 1.29 is 17.6 Å². The van der Waals surface area contributed by atoms with Gasteiger partial charge >= 0.3 is 0 Å². The average molecular weight is 424 g/mol. The van der Waals surface area contributed by atoms with Gasteiger partial charge in [-0.05, 0) is 83.8 Å². The predicted molar refractivity (Wildman–Crippen MR) is 118 cm³/mol. The Hall–Kier alpha value is -2.88. The van der Waals surface area contributed by atoms with E-state index in [1.165, 1.54) is 12.1 Å². The van der Waals surface area contributed by atoms with Gasteiger partial charge in [-0.3, -0.25) is 0 Å². The highest BCUT2D eigenvalue weighted by Crippen LogP contribution is 2.35. The molecule has 0 heterocycles. The van der Waals surface area contributed by atoms with Gasteiger partial charge in [0.25, 0.3) is 0 Å². The Morgan fingerprint density at radius 1 is 0.710 bits per heavy atom. The lowest BCUT2D eigenvalue weighted by Crippen LogP contribution is -2.03. The van der Waals surface area contributed by atoms with Crippen LogP contribution in [0.4, 0.5) is 17.6 Å². The van der Waals surface area contributed by atoms with E-state index in [4.69, 9.17) is 0 Å². The monoisotopic (exact) mass is 424 g/mol. The number of hydrogen-bond donors (Lipinski definition) is 0. The SMILES string of the molecule is CCCCCc1ccc(C2=Cc3cc(F)c(-c4ccc(F)c(F)c4)cc3CC2)c(F)c1. The minimum atomic E-state index is -1.01. The Kier molecular flexibility index (Phi) is 6.26. The molecular weight excluding hydrogens is 400 g/mol. The molecule has 0 aliphatic heterocycles. The lowest BCUT2D eigenvalue weighted by molar-refractivity contribution is 0.509. The van der Waals surface area contributed by atoms with Crippen LogP contribution in [0.25, 0.3) is 22.8 Å². The van der Waals surface area contributed by atoms with Gasteiger partial charge in [-0.2, -0.15) is 0 Å². The molecule has 4 heteroatoms. The molecule has 0 spiro atoms. The molecule has 1 aliphatic rings. The molecule has 0 radical (unpaired) electrons. The summed E-state index contributed by atoms with van der Waals surface area (Å²) in [6.07, 6.45) is 7.24. The van der Waals surface area contributed by atoms with Crippen molar-refractivity contribution in [3.05, 3.63) is 94.1 Å². The van der Waals surface area contributed by atoms with E-state index in [0.29, 0.717) is 29.5 Å². The highest BCUT2D eigenvalue weighted by atomic mass is 19.2. The largest absolute Gasteiger partial charge is 0.206 e. The first-order chi connectivity index (χ1) is 15.0. The van der Waals surface area contributed by atoms with Crippen LogP contribution < -0.4 is 0 Å². The summed E-state index contributed by atoms with van der Waals surface area (Å²) >= 11 is 0. The van der Waals surface area contributed by atoms with Crippen LogP contribution in [0.2, 0.25) is 0 Å². The number of allylic oxidation sites excluding steroid dienone is 1. The number of fused-ring (bicyclic) bond motifs is 1. The summed E-state index contributed by atoms with van der Waals surface area (Å²) in [7, 11) is 0. The Morgan fingerprint density at radius 2 is 1.52 bits per heavy atom. The maximum atomic E-state index is 14.8. The van der Waals surface area contributed by atoms with Crippen molar-refractivity contribution >= 4 is 11.6 Å². The summed E-state index contributed by atoms with van der Waals surface area (Å²) in [4.78, 5) is 0. The third-order valence-electron chi connectivity index (χ3n) is 5.90. The molecule has 160 valence electrons. The standard InChI is InChI=1S/C27H24F4/c1-2-3-4-5-17-6-10-22(25(29)12-17)19-8-7-18-14-23(26(30)16-21(18)13-19)20-9-11-24(28)27(31)15-20/h6,9-16H,2-5,7-8H2,1H3. The van der Waals surface area contributed by atoms with E-state index in [2.05, 4.69) is 6.92 Å². The molecule has 1 aliphatic carbocycles. The fourth-order valence-electron chi connectivity index (χ4n) is 4.16. The van der Waals surface area contributed by atoms with Crippen LogP contribution in [0, 0.1) is 23.3 Å². The van der Waals surface area contributed by atoms with Gasteiger partial charge in [0.05, 0.1) is 0 Å². The third-order valence-corrected chi connectivity index (χ3v) is 5.90. The fourth-order valence-corrected chi connectivity index (χ4v) is 4.16. The molecule has 0 aromatic heterocycles. The van der Waals surface area contributed by atoms with E-state index >= 15 is 0 Å². The van der Waals surface area contributed by atoms with Crippen LogP contribution in [0.15, 0.2) is 48.5 Å². The zero-order chi connectivity index (χ0) is 22.0. The van der Waals surface area contributed by atoms with Crippen molar-refractivity contribution in [3.63, 3.8) is 0 Å². The molecule has 0 unspecified atom stereocenters. The van der Waals surface area contributed by atoms with Crippen molar-refractivity contribution in [3.8, 4) is 11.1 Å². The van der Waals surface area contributed by atoms with Gasteiger partial charge in [0.2, 0.25) is 0 Å². The number of halogens is 4. The normalized spacial score (nSPS) is 13.1. The van der Waals surface area contributed by atoms with Gasteiger partial charge in [-0.1, -0.05) is 44.0 Å². The average Bonchev–Trinajstić information content (AvgIpc) is 2.75. The summed E-state index contributed by atoms with van der Waals surface area (Å²) < 4.78 is 56.4. The third kappa shape index (κ3) is 4.58. The van der Waals surface area contributed by atoms with E-state index in [-0.39, 0.29) is 11.4 Å². The summed E-state index contributed by atoms with van der Waals surface area (Å²) in [5, 5.41) is 0. The summed E-state index contributed by atoms with van der Waals surface area (Å²) in [5.41, 5.74) is 4.50. The topological polar surface area (TPSA) is 0 Å². The van der Waals surface area contributed by atoms with Gasteiger partial charge in [-0.25, -0.2) is 17.6 Å². The number of aryl methyl sites for hydroxylation is 2. The Labute approximate surface area is 180 Å². The lowest BCUT2D eigenvalue weighted by atomic mass is 9.86. The Morgan fingerprint density at radius 3 is 2.26 bits per heavy atom. The van der Waals surface area contributed by atoms with E-state index < -0.39 is 17.5 Å². The van der Waals surface area contributed by atoms with Gasteiger partial charge in [-0.15, -0.1) is 0 Å². The predicted octanol–water partition coefficient (Wildman–Crippen LogP) is 8.13. The minimum absolute atomic E-state index is 0.233. The molecule has 0 amide bonds. The van der Waals surface area contributed by atoms with Crippen molar-refractivity contribution in [1.82, 2.24) is 0 Å². The molecule has 0 bridgehead atoms. The van der Waals surface area contributed by atoms with Crippen LogP contribution >= 0.6 is 0 Å². The molecule has 0 saturated carbocycles. The smallest absolute Gasteiger partial charge is 0.159 e. The summed E-state index contributed by atoms with van der Waals surface area (Å²) in [6, 6.07) is 11.8. The zero-order valence-corrected chi connectivity index (χ0v) is 17.5. The van der Waals surface area contributed by atoms with Crippen LogP contribution in [0.3, 0.4) is 0 Å². The second-order valence-electron chi connectivity index (χ2n) is 8.10. The number of rotatable bonds is 6. The Bertz CT molecular complexity index is 1140. The highest BCUT2D eigenvalue weighted by Gasteiger charge is 2.18. The van der Waals surface area contributed by atoms with Gasteiger partial charge < -0.3 is 0 Å². The van der Waals surface area contributed by atoms with Crippen molar-refractivity contribution in [2.24, 2.45) is 0 Å². The molecule has 3 aromatic rings. The first kappa shape index (κ1) is 21.4. The maximum Gasteiger partial charge on any atom is 0.159 e. The summed E-state index contributed by atoms with van der Waals surface area (Å²) in [5.74, 6) is -2.74. The van der Waals surface area contributed by atoms with E-state index in [0.717, 1.165) is 54.5 Å². The molecule has 0 N–H and O–H groups in total. The fraction of sp³-hybridized carbons (Fsp3) is 0.259. The number of hydrogen-bond acceptors (Lipinski definition) is 0. The molecule has 0 atom stereocenters. The van der Waals surface area contributed by atoms with Crippen molar-refractivity contribution in [2.75, 3.05) is 0 Å². The minimum Gasteiger partial charge on any atom is -0.206 e. The highest BCUT2D eigenvalue weighted by molar-refractivity contribution is 5.85. The molecule has 0 fully saturated rings. The zero-order valence-electron chi connectivity index (χ0n) is 17.5. The van der Waals surface area contributed by atoms with E-state index in [1.807, 2.05) is 18.2 Å². The quantitative estimate of drug-likeness (QED) is 0.277. The number of benzene rings is 3. The van der Waals surface area contributed by atoms with Crippen LogP contribution in [0.5, 0.6) is 0 Å². The van der Waals surface area contributed by atoms with Crippen molar-refractivity contribution in [1.29, 1.82) is 0 Å². The Balaban J connectivity index is 1.63. The molecule has 3 aromatic carbocycles. The van der Waals surface area contributed by atoms with Crippen molar-refractivity contribution in [2.45, 2.75) is 45.4 Å². The first-order valence-electron chi connectivity index (χ1n) is 10.7. The van der Waals surface area contributed by atoms with Gasteiger partial charge in [0.15, 0.2) is 11.6 Å². The molecular formula is C27H24F4. The van der Waals surface area contributed by atoms with Crippen LogP contribution in [-0.4, -0.2) is 0 Å². The maximum absolute atomic E-state index is 14.8. The number of unbranched alkanes of at least 4 members (excludes halogenated alkanes) is 2. The van der Waals surface area contributed by atoms with Crippen LogP contribution in [-0.2, 0) is 12.8 Å². The molecule has 4 rings (SSSR count). The lowest BCUT2D eigenvalue weighted by Gasteiger charge is -2.19. The van der Waals surface area contributed by atoms with E-state index in [9.17, 15) is 17.6 Å². The van der Waals surface area contributed by atoms with Crippen LogP contribution in [0.1, 0.15) is 54.9 Å². The molecule has 31 heavy (non-hydrogen) atoms. The van der Waals surface area contributed by atoms with Gasteiger partial charge in [0, 0.05) is 11.1 Å². The van der Waals surface area contributed by atoms with Gasteiger partial charge in [0.1, 0.15) is 11.6 Å². The second-order valence-corrected chi connectivity index (χ2v) is 8.10. The second kappa shape index (κ2) is 9.09. The summed E-state index contributed by atoms with van der Waals surface area (Å²) in [6.45, 7) is 2.14.